The van der Waals surface area contributed by atoms with E-state index in [4.69, 9.17) is 11.6 Å². The number of benzene rings is 1. The Morgan fingerprint density at radius 2 is 2.00 bits per heavy atom. The molecule has 0 spiro atoms. The lowest BCUT2D eigenvalue weighted by atomic mass is 10.2. The van der Waals surface area contributed by atoms with Crippen LogP contribution in [0.3, 0.4) is 0 Å². The highest BCUT2D eigenvalue weighted by molar-refractivity contribution is 7.89. The van der Waals surface area contributed by atoms with Gasteiger partial charge in [-0.15, -0.1) is 0 Å². The lowest BCUT2D eigenvalue weighted by Crippen LogP contribution is -2.31. The zero-order valence-corrected chi connectivity index (χ0v) is 15.9. The Kier molecular flexibility index (Phi) is 6.21. The van der Waals surface area contributed by atoms with Gasteiger partial charge < -0.3 is 9.88 Å². The molecular weight excluding hydrogens is 364 g/mol. The smallest absolute Gasteiger partial charge is 0.253 e. The van der Waals surface area contributed by atoms with Crippen LogP contribution < -0.4 is 5.32 Å². The SMILES string of the molecule is CCN(CC)S(=O)(=O)c1ccc(Cl)c(C(=O)NCc2nccn2C)c1. The Hall–Kier alpha value is -1.90. The number of aromatic nitrogens is 2. The van der Waals surface area contributed by atoms with Gasteiger partial charge in [-0.1, -0.05) is 25.4 Å². The Morgan fingerprint density at radius 1 is 1.32 bits per heavy atom. The van der Waals surface area contributed by atoms with Crippen LogP contribution in [0.5, 0.6) is 0 Å². The molecule has 0 fully saturated rings. The van der Waals surface area contributed by atoms with Crippen LogP contribution in [0.4, 0.5) is 0 Å². The van der Waals surface area contributed by atoms with Crippen molar-refractivity contribution in [3.8, 4) is 0 Å². The minimum atomic E-state index is -3.66. The number of rotatable bonds is 7. The van der Waals surface area contributed by atoms with Gasteiger partial charge in [0.15, 0.2) is 0 Å². The predicted octanol–water partition coefficient (Wildman–Crippen LogP) is 2.03. The molecule has 0 aliphatic heterocycles. The normalized spacial score (nSPS) is 11.7. The zero-order valence-electron chi connectivity index (χ0n) is 14.4. The van der Waals surface area contributed by atoms with Crippen LogP contribution in [0.2, 0.25) is 5.02 Å². The van der Waals surface area contributed by atoms with Gasteiger partial charge in [0.1, 0.15) is 5.82 Å². The van der Waals surface area contributed by atoms with Crippen LogP contribution in [0, 0.1) is 0 Å². The van der Waals surface area contributed by atoms with Crippen molar-refractivity contribution in [2.75, 3.05) is 13.1 Å². The fraction of sp³-hybridized carbons (Fsp3) is 0.375. The zero-order chi connectivity index (χ0) is 18.6. The molecule has 25 heavy (non-hydrogen) atoms. The van der Waals surface area contributed by atoms with E-state index in [1.807, 2.05) is 7.05 Å². The van der Waals surface area contributed by atoms with E-state index in [0.717, 1.165) is 0 Å². The summed E-state index contributed by atoms with van der Waals surface area (Å²) < 4.78 is 28.3. The van der Waals surface area contributed by atoms with Crippen molar-refractivity contribution in [2.24, 2.45) is 7.05 Å². The van der Waals surface area contributed by atoms with Crippen LogP contribution >= 0.6 is 11.6 Å². The van der Waals surface area contributed by atoms with E-state index in [2.05, 4.69) is 10.3 Å². The lowest BCUT2D eigenvalue weighted by molar-refractivity contribution is 0.0949. The number of amides is 1. The molecular formula is C16H21ClN4O3S. The van der Waals surface area contributed by atoms with Crippen molar-refractivity contribution >= 4 is 27.5 Å². The molecule has 1 heterocycles. The van der Waals surface area contributed by atoms with Crippen LogP contribution in [0.1, 0.15) is 30.0 Å². The number of carbonyl (C=O) groups is 1. The average Bonchev–Trinajstić information content (AvgIpc) is 2.98. The number of hydrogen-bond acceptors (Lipinski definition) is 4. The summed E-state index contributed by atoms with van der Waals surface area (Å²) in [6.07, 6.45) is 3.40. The van der Waals surface area contributed by atoms with E-state index in [0.29, 0.717) is 18.9 Å². The third-order valence-electron chi connectivity index (χ3n) is 3.85. The third kappa shape index (κ3) is 4.20. The second-order valence-corrected chi connectivity index (χ2v) is 7.71. The maximum Gasteiger partial charge on any atom is 0.253 e. The van der Waals surface area contributed by atoms with Gasteiger partial charge in [0.2, 0.25) is 10.0 Å². The van der Waals surface area contributed by atoms with Gasteiger partial charge in [-0.3, -0.25) is 4.79 Å². The first kappa shape index (κ1) is 19.4. The van der Waals surface area contributed by atoms with E-state index in [-0.39, 0.29) is 22.0 Å². The predicted molar refractivity (Wildman–Crippen MR) is 95.9 cm³/mol. The molecule has 136 valence electrons. The van der Waals surface area contributed by atoms with Crippen LogP contribution in [0.25, 0.3) is 0 Å². The molecule has 1 aromatic heterocycles. The summed E-state index contributed by atoms with van der Waals surface area (Å²) in [6.45, 7) is 4.44. The minimum Gasteiger partial charge on any atom is -0.345 e. The van der Waals surface area contributed by atoms with Crippen molar-refractivity contribution < 1.29 is 13.2 Å². The van der Waals surface area contributed by atoms with Gasteiger partial charge in [-0.05, 0) is 18.2 Å². The second-order valence-electron chi connectivity index (χ2n) is 5.37. The summed E-state index contributed by atoms with van der Waals surface area (Å²) in [6, 6.07) is 4.14. The van der Waals surface area contributed by atoms with Crippen molar-refractivity contribution in [3.63, 3.8) is 0 Å². The number of nitrogens with zero attached hydrogens (tertiary/aromatic N) is 3. The van der Waals surface area contributed by atoms with Crippen LogP contribution in [-0.4, -0.2) is 41.3 Å². The molecule has 2 aromatic rings. The first-order valence-corrected chi connectivity index (χ1v) is 9.67. The number of imidazole rings is 1. The van der Waals surface area contributed by atoms with Gasteiger partial charge in [0.05, 0.1) is 22.0 Å². The van der Waals surface area contributed by atoms with Crippen molar-refractivity contribution in [2.45, 2.75) is 25.3 Å². The third-order valence-corrected chi connectivity index (χ3v) is 6.23. The average molecular weight is 385 g/mol. The molecule has 0 atom stereocenters. The number of aryl methyl sites for hydroxylation is 1. The standard InChI is InChI=1S/C16H21ClN4O3S/c1-4-21(5-2)25(23,24)12-6-7-14(17)13(10-12)16(22)19-11-15-18-8-9-20(15)3/h6-10H,4-5,11H2,1-3H3,(H,19,22). The fourth-order valence-corrected chi connectivity index (χ4v) is 4.06. The Morgan fingerprint density at radius 3 is 2.56 bits per heavy atom. The molecule has 0 radical (unpaired) electrons. The molecule has 7 nitrogen and oxygen atoms in total. The highest BCUT2D eigenvalue weighted by Gasteiger charge is 2.23. The second kappa shape index (κ2) is 7.99. The monoisotopic (exact) mass is 384 g/mol. The number of halogens is 1. The number of sulfonamides is 1. The Labute approximate surface area is 152 Å². The lowest BCUT2D eigenvalue weighted by Gasteiger charge is -2.19. The van der Waals surface area contributed by atoms with E-state index in [1.165, 1.54) is 22.5 Å². The summed E-state index contributed by atoms with van der Waals surface area (Å²) >= 11 is 6.09. The molecule has 0 unspecified atom stereocenters. The Bertz CT molecular complexity index is 860. The van der Waals surface area contributed by atoms with Gasteiger partial charge in [0, 0.05) is 32.5 Å². The maximum atomic E-state index is 12.6. The first-order valence-electron chi connectivity index (χ1n) is 7.85. The number of hydrogen-bond donors (Lipinski definition) is 1. The number of nitrogens with one attached hydrogen (secondary N) is 1. The molecule has 0 saturated heterocycles. The molecule has 1 N–H and O–H groups in total. The molecule has 0 aliphatic carbocycles. The summed E-state index contributed by atoms with van der Waals surface area (Å²) in [5.74, 6) is 0.223. The highest BCUT2D eigenvalue weighted by Crippen LogP contribution is 2.23. The van der Waals surface area contributed by atoms with Gasteiger partial charge in [-0.2, -0.15) is 4.31 Å². The van der Waals surface area contributed by atoms with Gasteiger partial charge >= 0.3 is 0 Å². The van der Waals surface area contributed by atoms with E-state index >= 15 is 0 Å². The van der Waals surface area contributed by atoms with Crippen molar-refractivity contribution in [1.29, 1.82) is 0 Å². The molecule has 2 rings (SSSR count). The van der Waals surface area contributed by atoms with E-state index in [1.54, 1.807) is 30.8 Å². The molecule has 1 aromatic carbocycles. The van der Waals surface area contributed by atoms with Crippen LogP contribution in [-0.2, 0) is 23.6 Å². The maximum absolute atomic E-state index is 12.6. The molecule has 1 amide bonds. The summed E-state index contributed by atoms with van der Waals surface area (Å²) in [7, 11) is -1.84. The summed E-state index contributed by atoms with van der Waals surface area (Å²) in [4.78, 5) is 16.6. The van der Waals surface area contributed by atoms with Gasteiger partial charge in [0.25, 0.3) is 5.91 Å². The molecule has 0 saturated carbocycles. The van der Waals surface area contributed by atoms with Crippen molar-refractivity contribution in [1.82, 2.24) is 19.2 Å². The minimum absolute atomic E-state index is 0.0442. The molecule has 0 aliphatic rings. The van der Waals surface area contributed by atoms with E-state index in [9.17, 15) is 13.2 Å². The highest BCUT2D eigenvalue weighted by atomic mass is 35.5. The van der Waals surface area contributed by atoms with E-state index < -0.39 is 15.9 Å². The number of carbonyl (C=O) groups excluding carboxylic acids is 1. The fourth-order valence-electron chi connectivity index (χ4n) is 2.37. The van der Waals surface area contributed by atoms with Crippen molar-refractivity contribution in [3.05, 3.63) is 47.0 Å². The van der Waals surface area contributed by atoms with Crippen LogP contribution in [0.15, 0.2) is 35.5 Å². The molecule has 9 heteroatoms. The Balaban J connectivity index is 2.26. The summed E-state index contributed by atoms with van der Waals surface area (Å²) in [5.41, 5.74) is 0.115. The summed E-state index contributed by atoms with van der Waals surface area (Å²) in [5, 5.41) is 2.89. The quantitative estimate of drug-likeness (QED) is 0.791. The largest absolute Gasteiger partial charge is 0.345 e. The molecule has 0 bridgehead atoms. The first-order chi connectivity index (χ1) is 11.8. The van der Waals surface area contributed by atoms with Gasteiger partial charge in [-0.25, -0.2) is 13.4 Å². The topological polar surface area (TPSA) is 84.3 Å².